The average Bonchev–Trinajstić information content (AvgIpc) is 2.15. The smallest absolute Gasteiger partial charge is 0.0933 e. The van der Waals surface area contributed by atoms with E-state index >= 15 is 0 Å². The lowest BCUT2D eigenvalue weighted by molar-refractivity contribution is 0.185. The monoisotopic (exact) mass is 641 g/mol. The number of halogens is 4. The summed E-state index contributed by atoms with van der Waals surface area (Å²) >= 11 is 9.06. The molecule has 2 nitrogen and oxygen atoms in total. The van der Waals surface area contributed by atoms with Crippen molar-refractivity contribution in [1.29, 1.82) is 0 Å². The van der Waals surface area contributed by atoms with Gasteiger partial charge in [0.05, 0.1) is 6.10 Å². The molecule has 78 valence electrons. The van der Waals surface area contributed by atoms with Crippen molar-refractivity contribution >= 4 is 90.4 Å². The molecule has 0 saturated carbocycles. The number of hydrogen-bond donors (Lipinski definition) is 2. The fourth-order valence-electron chi connectivity index (χ4n) is 1.00. The highest BCUT2D eigenvalue weighted by molar-refractivity contribution is 14.1. The lowest BCUT2D eigenvalue weighted by Crippen LogP contribution is -2.15. The maximum atomic E-state index is 9.80. The van der Waals surface area contributed by atoms with Crippen LogP contribution in [0.1, 0.15) is 11.7 Å². The van der Waals surface area contributed by atoms with Crippen LogP contribution in [0.5, 0.6) is 0 Å². The Morgan fingerprint density at radius 3 is 1.93 bits per heavy atom. The maximum absolute atomic E-state index is 9.80. The largest absolute Gasteiger partial charge is 0.387 e. The molecule has 0 aliphatic rings. The molecule has 0 amide bonds. The Morgan fingerprint density at radius 2 is 1.57 bits per heavy atom. The van der Waals surface area contributed by atoms with Crippen LogP contribution in [-0.2, 0) is 0 Å². The Morgan fingerprint density at radius 1 is 1.14 bits per heavy atom. The summed E-state index contributed by atoms with van der Waals surface area (Å²) in [6.45, 7) is 0.266. The first-order chi connectivity index (χ1) is 6.49. The van der Waals surface area contributed by atoms with Crippen molar-refractivity contribution in [3.63, 3.8) is 0 Å². The average molecular weight is 641 g/mol. The number of benzene rings is 1. The molecule has 1 aromatic carbocycles. The van der Waals surface area contributed by atoms with Gasteiger partial charge in [-0.3, -0.25) is 0 Å². The van der Waals surface area contributed by atoms with E-state index in [1.165, 1.54) is 0 Å². The van der Waals surface area contributed by atoms with Crippen molar-refractivity contribution < 1.29 is 5.11 Å². The number of rotatable bonds is 2. The molecular weight excluding hydrogens is 634 g/mol. The summed E-state index contributed by atoms with van der Waals surface area (Å²) in [7, 11) is 0. The van der Waals surface area contributed by atoms with Gasteiger partial charge in [-0.1, -0.05) is 0 Å². The molecule has 0 aliphatic heterocycles. The molecule has 0 fully saturated rings. The predicted molar refractivity (Wildman–Crippen MR) is 91.3 cm³/mol. The van der Waals surface area contributed by atoms with E-state index in [4.69, 9.17) is 5.73 Å². The van der Waals surface area contributed by atoms with E-state index in [1.54, 1.807) is 0 Å². The standard InChI is InChI=1S/C8H7I4NO/c9-3-1-4(10)8(12)6(7(3)11)5(14)2-13/h1,5,14H,2,13H2/t5-/m0/s1. The minimum absolute atomic E-state index is 0.266. The first kappa shape index (κ1) is 14.1. The van der Waals surface area contributed by atoms with Crippen LogP contribution >= 0.6 is 90.4 Å². The third-order valence-electron chi connectivity index (χ3n) is 1.70. The lowest BCUT2D eigenvalue weighted by Gasteiger charge is -2.15. The minimum Gasteiger partial charge on any atom is -0.387 e. The van der Waals surface area contributed by atoms with Crippen LogP contribution in [0.3, 0.4) is 0 Å². The second-order valence-electron chi connectivity index (χ2n) is 2.63. The fraction of sp³-hybridized carbons (Fsp3) is 0.250. The van der Waals surface area contributed by atoms with Crippen LogP contribution in [0.15, 0.2) is 6.07 Å². The molecule has 0 aromatic heterocycles. The Kier molecular flexibility index (Phi) is 6.17. The number of aliphatic hydroxyl groups is 1. The van der Waals surface area contributed by atoms with Gasteiger partial charge >= 0.3 is 0 Å². The van der Waals surface area contributed by atoms with Crippen molar-refractivity contribution in [2.24, 2.45) is 5.73 Å². The molecule has 1 rings (SSSR count). The summed E-state index contributed by atoms with van der Waals surface area (Å²) in [5.74, 6) is 0. The van der Waals surface area contributed by atoms with E-state index in [2.05, 4.69) is 96.4 Å². The van der Waals surface area contributed by atoms with Gasteiger partial charge in [-0.25, -0.2) is 0 Å². The second kappa shape index (κ2) is 6.12. The van der Waals surface area contributed by atoms with Crippen LogP contribution in [0.2, 0.25) is 0 Å². The minimum atomic E-state index is -0.558. The van der Waals surface area contributed by atoms with Crippen molar-refractivity contribution in [3.8, 4) is 0 Å². The molecule has 0 spiro atoms. The van der Waals surface area contributed by atoms with Crippen molar-refractivity contribution in [2.45, 2.75) is 6.10 Å². The molecule has 0 radical (unpaired) electrons. The SMILES string of the molecule is NC[C@H](O)c1c(I)c(I)cc(I)c1I. The van der Waals surface area contributed by atoms with Crippen molar-refractivity contribution in [3.05, 3.63) is 25.9 Å². The maximum Gasteiger partial charge on any atom is 0.0933 e. The van der Waals surface area contributed by atoms with Gasteiger partial charge in [-0.05, 0) is 96.4 Å². The first-order valence-corrected chi connectivity index (χ1v) is 8.01. The molecule has 1 atom stereocenters. The van der Waals surface area contributed by atoms with Crippen LogP contribution in [0, 0.1) is 14.3 Å². The van der Waals surface area contributed by atoms with E-state index in [1.807, 2.05) is 0 Å². The Hall–Kier alpha value is 2.06. The van der Waals surface area contributed by atoms with E-state index in [0.717, 1.165) is 19.8 Å². The zero-order chi connectivity index (χ0) is 10.9. The summed E-state index contributed by atoms with van der Waals surface area (Å²) in [5.41, 5.74) is 6.44. The highest BCUT2D eigenvalue weighted by Gasteiger charge is 2.17. The van der Waals surface area contributed by atoms with Gasteiger partial charge in [-0.2, -0.15) is 0 Å². The van der Waals surface area contributed by atoms with E-state index in [-0.39, 0.29) is 6.54 Å². The fourth-order valence-corrected chi connectivity index (χ4v) is 4.89. The molecule has 0 aliphatic carbocycles. The Bertz CT molecular complexity index is 329. The molecule has 6 heteroatoms. The lowest BCUT2D eigenvalue weighted by atomic mass is 10.1. The van der Waals surface area contributed by atoms with Crippen molar-refractivity contribution in [2.75, 3.05) is 6.54 Å². The zero-order valence-corrected chi connectivity index (χ0v) is 15.5. The summed E-state index contributed by atoms with van der Waals surface area (Å²) in [6.07, 6.45) is -0.558. The molecule has 0 saturated heterocycles. The van der Waals surface area contributed by atoms with E-state index in [9.17, 15) is 5.11 Å². The number of aliphatic hydroxyl groups excluding tert-OH is 1. The van der Waals surface area contributed by atoms with Crippen LogP contribution < -0.4 is 5.73 Å². The second-order valence-corrected chi connectivity index (χ2v) is 7.12. The molecule has 14 heavy (non-hydrogen) atoms. The Labute approximate surface area is 137 Å². The van der Waals surface area contributed by atoms with Gasteiger partial charge in [0.1, 0.15) is 0 Å². The summed E-state index contributed by atoms with van der Waals surface area (Å²) < 4.78 is 4.53. The number of nitrogens with two attached hydrogens (primary N) is 1. The third kappa shape index (κ3) is 3.05. The zero-order valence-electron chi connectivity index (χ0n) is 6.90. The van der Waals surface area contributed by atoms with E-state index in [0.29, 0.717) is 0 Å². The van der Waals surface area contributed by atoms with Crippen LogP contribution in [0.25, 0.3) is 0 Å². The molecule has 1 aromatic rings. The van der Waals surface area contributed by atoms with Crippen molar-refractivity contribution in [1.82, 2.24) is 0 Å². The van der Waals surface area contributed by atoms with Gasteiger partial charge < -0.3 is 10.8 Å². The predicted octanol–water partition coefficient (Wildman–Crippen LogP) is 3.10. The Balaban J connectivity index is 3.39. The normalized spacial score (nSPS) is 13.0. The molecule has 0 heterocycles. The number of hydrogen-bond acceptors (Lipinski definition) is 2. The van der Waals surface area contributed by atoms with Gasteiger partial charge in [0.25, 0.3) is 0 Å². The summed E-state index contributed by atoms with van der Waals surface area (Å²) in [6, 6.07) is 2.11. The molecule has 3 N–H and O–H groups in total. The summed E-state index contributed by atoms with van der Waals surface area (Å²) in [5, 5.41) is 9.80. The third-order valence-corrected chi connectivity index (χ3v) is 7.79. The van der Waals surface area contributed by atoms with Gasteiger partial charge in [0.15, 0.2) is 0 Å². The van der Waals surface area contributed by atoms with Crippen LogP contribution in [0.4, 0.5) is 0 Å². The molecule has 0 unspecified atom stereocenters. The van der Waals surface area contributed by atoms with Crippen LogP contribution in [-0.4, -0.2) is 11.7 Å². The van der Waals surface area contributed by atoms with Gasteiger partial charge in [0, 0.05) is 26.4 Å². The molecular formula is C8H7I4NO. The topological polar surface area (TPSA) is 46.2 Å². The highest BCUT2D eigenvalue weighted by Crippen LogP contribution is 2.32. The van der Waals surface area contributed by atoms with E-state index < -0.39 is 6.10 Å². The highest BCUT2D eigenvalue weighted by atomic mass is 127. The van der Waals surface area contributed by atoms with Gasteiger partial charge in [-0.15, -0.1) is 0 Å². The summed E-state index contributed by atoms with van der Waals surface area (Å²) in [4.78, 5) is 0. The molecule has 0 bridgehead atoms. The quantitative estimate of drug-likeness (QED) is 0.386. The first-order valence-electron chi connectivity index (χ1n) is 3.70. The van der Waals surface area contributed by atoms with Gasteiger partial charge in [0.2, 0.25) is 0 Å².